The van der Waals surface area contributed by atoms with Crippen LogP contribution in [0.1, 0.15) is 32.6 Å². The molecule has 0 saturated carbocycles. The number of aliphatic carboxylic acids is 1. The van der Waals surface area contributed by atoms with Gasteiger partial charge in [0.2, 0.25) is 0 Å². The molecule has 2 amide bonds. The standard InChI is InChI=1S/C13H24N2O4/c1-3-4-11(12(16)17)14-13(18)15-7-5-10(6-8-15)9-19-2/h10-11H,3-9H2,1-2H3,(H,14,18)(H,16,17)/t11-/m0/s1. The summed E-state index contributed by atoms with van der Waals surface area (Å²) in [5, 5.41) is 11.6. The zero-order valence-electron chi connectivity index (χ0n) is 11.7. The predicted octanol–water partition coefficient (Wildman–Crippen LogP) is 1.31. The van der Waals surface area contributed by atoms with Crippen LogP contribution in [0.25, 0.3) is 0 Å². The van der Waals surface area contributed by atoms with Crippen LogP contribution in [0.2, 0.25) is 0 Å². The summed E-state index contributed by atoms with van der Waals surface area (Å²) in [6, 6.07) is -1.05. The number of urea groups is 1. The monoisotopic (exact) mass is 272 g/mol. The summed E-state index contributed by atoms with van der Waals surface area (Å²) < 4.78 is 5.11. The van der Waals surface area contributed by atoms with Gasteiger partial charge in [-0.2, -0.15) is 0 Å². The Morgan fingerprint density at radius 3 is 2.53 bits per heavy atom. The molecule has 110 valence electrons. The highest BCUT2D eigenvalue weighted by atomic mass is 16.5. The second-order valence-corrected chi connectivity index (χ2v) is 5.01. The molecule has 0 unspecified atom stereocenters. The number of carbonyl (C=O) groups is 2. The van der Waals surface area contributed by atoms with Gasteiger partial charge in [0.1, 0.15) is 6.04 Å². The van der Waals surface area contributed by atoms with Crippen LogP contribution in [0.5, 0.6) is 0 Å². The maximum atomic E-state index is 12.0. The first-order valence-electron chi connectivity index (χ1n) is 6.85. The first-order chi connectivity index (χ1) is 9.08. The van der Waals surface area contributed by atoms with Gasteiger partial charge < -0.3 is 20.1 Å². The van der Waals surface area contributed by atoms with Crippen molar-refractivity contribution >= 4 is 12.0 Å². The minimum Gasteiger partial charge on any atom is -0.480 e. The van der Waals surface area contributed by atoms with Crippen molar-refractivity contribution in [3.05, 3.63) is 0 Å². The molecule has 1 aliphatic heterocycles. The Kier molecular flexibility index (Phi) is 6.62. The van der Waals surface area contributed by atoms with Crippen LogP contribution in [-0.2, 0) is 9.53 Å². The summed E-state index contributed by atoms with van der Waals surface area (Å²) in [4.78, 5) is 24.7. The molecule has 1 aliphatic rings. The Morgan fingerprint density at radius 2 is 2.05 bits per heavy atom. The van der Waals surface area contributed by atoms with E-state index in [1.54, 1.807) is 12.0 Å². The number of piperidine rings is 1. The van der Waals surface area contributed by atoms with E-state index in [1.165, 1.54) is 0 Å². The number of carboxylic acid groups (broad SMARTS) is 1. The number of hydrogen-bond acceptors (Lipinski definition) is 3. The fourth-order valence-electron chi connectivity index (χ4n) is 2.32. The van der Waals surface area contributed by atoms with E-state index >= 15 is 0 Å². The lowest BCUT2D eigenvalue weighted by atomic mass is 9.98. The Morgan fingerprint density at radius 1 is 1.42 bits per heavy atom. The molecule has 0 aromatic heterocycles. The lowest BCUT2D eigenvalue weighted by Crippen LogP contribution is -2.50. The minimum atomic E-state index is -0.968. The number of nitrogens with zero attached hydrogens (tertiary/aromatic N) is 1. The molecular weight excluding hydrogens is 248 g/mol. The van der Waals surface area contributed by atoms with E-state index in [1.807, 2.05) is 6.92 Å². The Hall–Kier alpha value is -1.30. The van der Waals surface area contributed by atoms with Crippen LogP contribution in [0.4, 0.5) is 4.79 Å². The van der Waals surface area contributed by atoms with Crippen LogP contribution in [0, 0.1) is 5.92 Å². The van der Waals surface area contributed by atoms with Crippen LogP contribution in [0.3, 0.4) is 0 Å². The van der Waals surface area contributed by atoms with Crippen LogP contribution in [0.15, 0.2) is 0 Å². The molecule has 19 heavy (non-hydrogen) atoms. The molecule has 1 fully saturated rings. The van der Waals surface area contributed by atoms with Gasteiger partial charge in [-0.05, 0) is 25.2 Å². The molecule has 0 radical (unpaired) electrons. The van der Waals surface area contributed by atoms with Crippen LogP contribution in [-0.4, -0.2) is 54.9 Å². The third-order valence-electron chi connectivity index (χ3n) is 3.48. The van der Waals surface area contributed by atoms with Gasteiger partial charge in [-0.3, -0.25) is 0 Å². The van der Waals surface area contributed by atoms with E-state index < -0.39 is 12.0 Å². The lowest BCUT2D eigenvalue weighted by Gasteiger charge is -2.32. The zero-order valence-corrected chi connectivity index (χ0v) is 11.7. The van der Waals surface area contributed by atoms with Gasteiger partial charge in [-0.15, -0.1) is 0 Å². The third kappa shape index (κ3) is 5.06. The molecule has 1 atom stereocenters. The van der Waals surface area contributed by atoms with E-state index in [0.717, 1.165) is 25.9 Å². The van der Waals surface area contributed by atoms with Gasteiger partial charge in [0.15, 0.2) is 0 Å². The van der Waals surface area contributed by atoms with Gasteiger partial charge in [-0.1, -0.05) is 13.3 Å². The average molecular weight is 272 g/mol. The van der Waals surface area contributed by atoms with Crippen LogP contribution < -0.4 is 5.32 Å². The molecule has 6 heteroatoms. The molecule has 0 bridgehead atoms. The summed E-state index contributed by atoms with van der Waals surface area (Å²) in [6.07, 6.45) is 3.01. The lowest BCUT2D eigenvalue weighted by molar-refractivity contribution is -0.139. The molecule has 1 rings (SSSR count). The van der Waals surface area contributed by atoms with Crippen molar-refractivity contribution < 1.29 is 19.4 Å². The number of carboxylic acids is 1. The number of carbonyl (C=O) groups excluding carboxylic acids is 1. The molecule has 1 saturated heterocycles. The van der Waals surface area contributed by atoms with E-state index in [2.05, 4.69) is 5.32 Å². The van der Waals surface area contributed by atoms with Crippen molar-refractivity contribution in [2.75, 3.05) is 26.8 Å². The summed E-state index contributed by atoms with van der Waals surface area (Å²) >= 11 is 0. The summed E-state index contributed by atoms with van der Waals surface area (Å²) in [5.74, 6) is -0.468. The van der Waals surface area contributed by atoms with Crippen molar-refractivity contribution in [2.45, 2.75) is 38.6 Å². The fraction of sp³-hybridized carbons (Fsp3) is 0.846. The van der Waals surface area contributed by atoms with Gasteiger partial charge in [-0.25, -0.2) is 9.59 Å². The second-order valence-electron chi connectivity index (χ2n) is 5.01. The summed E-state index contributed by atoms with van der Waals surface area (Å²) in [7, 11) is 1.68. The van der Waals surface area contributed by atoms with Gasteiger partial charge >= 0.3 is 12.0 Å². The fourth-order valence-corrected chi connectivity index (χ4v) is 2.32. The van der Waals surface area contributed by atoms with E-state index in [0.29, 0.717) is 25.4 Å². The third-order valence-corrected chi connectivity index (χ3v) is 3.48. The van der Waals surface area contributed by atoms with E-state index in [-0.39, 0.29) is 6.03 Å². The van der Waals surface area contributed by atoms with Gasteiger partial charge in [0.25, 0.3) is 0 Å². The Labute approximate surface area is 114 Å². The molecule has 1 heterocycles. The van der Waals surface area contributed by atoms with Crippen molar-refractivity contribution in [1.82, 2.24) is 10.2 Å². The minimum absolute atomic E-state index is 0.267. The number of methoxy groups -OCH3 is 1. The zero-order chi connectivity index (χ0) is 14.3. The Balaban J connectivity index is 2.39. The number of nitrogens with one attached hydrogen (secondary N) is 1. The van der Waals surface area contributed by atoms with Crippen molar-refractivity contribution in [2.24, 2.45) is 5.92 Å². The Bertz CT molecular complexity index is 301. The molecule has 2 N–H and O–H groups in total. The number of ether oxygens (including phenoxy) is 1. The van der Waals surface area contributed by atoms with Gasteiger partial charge in [0, 0.05) is 26.8 Å². The summed E-state index contributed by atoms with van der Waals surface area (Å²) in [6.45, 7) is 3.96. The van der Waals surface area contributed by atoms with Crippen molar-refractivity contribution in [3.8, 4) is 0 Å². The second kappa shape index (κ2) is 7.99. The topological polar surface area (TPSA) is 78.9 Å². The summed E-state index contributed by atoms with van der Waals surface area (Å²) in [5.41, 5.74) is 0. The van der Waals surface area contributed by atoms with Crippen LogP contribution >= 0.6 is 0 Å². The largest absolute Gasteiger partial charge is 0.480 e. The predicted molar refractivity (Wildman–Crippen MR) is 71.0 cm³/mol. The maximum absolute atomic E-state index is 12.0. The van der Waals surface area contributed by atoms with E-state index in [4.69, 9.17) is 9.84 Å². The quantitative estimate of drug-likeness (QED) is 0.764. The highest BCUT2D eigenvalue weighted by molar-refractivity contribution is 5.82. The SMILES string of the molecule is CCC[C@H](NC(=O)N1CCC(COC)CC1)C(=O)O. The number of likely N-dealkylation sites (tertiary alicyclic amines) is 1. The number of hydrogen-bond donors (Lipinski definition) is 2. The number of rotatable bonds is 6. The molecule has 0 aromatic rings. The van der Waals surface area contributed by atoms with Crippen molar-refractivity contribution in [3.63, 3.8) is 0 Å². The first kappa shape index (κ1) is 15.8. The molecule has 0 spiro atoms. The first-order valence-corrected chi connectivity index (χ1v) is 6.85. The molecule has 6 nitrogen and oxygen atoms in total. The van der Waals surface area contributed by atoms with Crippen molar-refractivity contribution in [1.29, 1.82) is 0 Å². The van der Waals surface area contributed by atoms with Gasteiger partial charge in [0.05, 0.1) is 0 Å². The van der Waals surface area contributed by atoms with E-state index in [9.17, 15) is 9.59 Å². The normalized spacial score (nSPS) is 18.1. The maximum Gasteiger partial charge on any atom is 0.326 e. The smallest absolute Gasteiger partial charge is 0.326 e. The molecule has 0 aliphatic carbocycles. The number of amides is 2. The average Bonchev–Trinajstić information content (AvgIpc) is 2.39. The highest BCUT2D eigenvalue weighted by Crippen LogP contribution is 2.17. The molecular formula is C13H24N2O4. The molecule has 0 aromatic carbocycles. The highest BCUT2D eigenvalue weighted by Gasteiger charge is 2.26.